The Morgan fingerprint density at radius 1 is 1.19 bits per heavy atom. The van der Waals surface area contributed by atoms with E-state index < -0.39 is 0 Å². The maximum Gasteiger partial charge on any atom is 0.322 e. The van der Waals surface area contributed by atoms with E-state index in [-0.39, 0.29) is 6.03 Å². The van der Waals surface area contributed by atoms with Crippen LogP contribution in [0.25, 0.3) is 11.5 Å². The number of carbonyl (C=O) groups is 1. The Hall–Kier alpha value is -2.58. The number of nitrogens with zero attached hydrogens (tertiary/aromatic N) is 4. The van der Waals surface area contributed by atoms with E-state index in [4.69, 9.17) is 16.0 Å². The molecule has 2 aromatic heterocycles. The molecule has 7 nitrogen and oxygen atoms in total. The molecule has 9 heteroatoms. The van der Waals surface area contributed by atoms with Crippen LogP contribution < -0.4 is 10.2 Å². The highest BCUT2D eigenvalue weighted by Crippen LogP contribution is 2.24. The zero-order valence-corrected chi connectivity index (χ0v) is 16.8. The van der Waals surface area contributed by atoms with E-state index in [1.807, 2.05) is 57.4 Å². The van der Waals surface area contributed by atoms with Crippen LogP contribution in [0.1, 0.15) is 11.8 Å². The van der Waals surface area contributed by atoms with Gasteiger partial charge < -0.3 is 19.5 Å². The normalized spacial score (nSPS) is 10.7. The Balaban J connectivity index is 1.64. The minimum Gasteiger partial charge on any atom is -0.403 e. The summed E-state index contributed by atoms with van der Waals surface area (Å²) in [7, 11) is 3.67. The summed E-state index contributed by atoms with van der Waals surface area (Å²) in [6.45, 7) is 3.05. The maximum atomic E-state index is 12.5. The van der Waals surface area contributed by atoms with Crippen molar-refractivity contribution in [2.24, 2.45) is 0 Å². The predicted molar refractivity (Wildman–Crippen MR) is 108 cm³/mol. The molecule has 0 fully saturated rings. The Bertz CT molecular complexity index is 907. The molecule has 3 rings (SSSR count). The third kappa shape index (κ3) is 4.78. The summed E-state index contributed by atoms with van der Waals surface area (Å²) in [5.41, 5.74) is 1.48. The van der Waals surface area contributed by atoms with E-state index in [0.29, 0.717) is 30.7 Å². The number of anilines is 2. The van der Waals surface area contributed by atoms with Gasteiger partial charge in [0.15, 0.2) is 0 Å². The van der Waals surface area contributed by atoms with Crippen LogP contribution in [-0.4, -0.2) is 41.8 Å². The first kappa shape index (κ1) is 19.2. The summed E-state index contributed by atoms with van der Waals surface area (Å²) < 4.78 is 6.29. The zero-order chi connectivity index (χ0) is 19.4. The van der Waals surface area contributed by atoms with Crippen LogP contribution in [0, 0.1) is 0 Å². The second-order valence-electron chi connectivity index (χ2n) is 6.01. The molecule has 0 aliphatic heterocycles. The standard InChI is InChI=1S/C18H20ClN5O2S/c1-4-24(11-14-9-10-15(19)27-14)17(25)20-13-7-5-12(6-8-13)16-21-22-18(26-16)23(2)3/h5-10H,4,11H2,1-3H3,(H,20,25). The lowest BCUT2D eigenvalue weighted by Gasteiger charge is -2.20. The SMILES string of the molecule is CCN(Cc1ccc(Cl)s1)C(=O)Nc1ccc(-c2nnc(N(C)C)o2)cc1. The lowest BCUT2D eigenvalue weighted by molar-refractivity contribution is 0.212. The molecule has 1 N–H and O–H groups in total. The highest BCUT2D eigenvalue weighted by Gasteiger charge is 2.14. The van der Waals surface area contributed by atoms with Gasteiger partial charge in [0, 0.05) is 36.8 Å². The maximum absolute atomic E-state index is 12.5. The summed E-state index contributed by atoms with van der Waals surface area (Å²) in [5.74, 6) is 0.432. The van der Waals surface area contributed by atoms with E-state index in [1.165, 1.54) is 11.3 Å². The highest BCUT2D eigenvalue weighted by molar-refractivity contribution is 7.16. The van der Waals surface area contributed by atoms with Crippen molar-refractivity contribution in [3.8, 4) is 11.5 Å². The van der Waals surface area contributed by atoms with Crippen LogP contribution in [0.2, 0.25) is 4.34 Å². The molecular weight excluding hydrogens is 386 g/mol. The molecule has 2 heterocycles. The molecular formula is C18H20ClN5O2S. The number of halogens is 1. The molecule has 0 spiro atoms. The van der Waals surface area contributed by atoms with Gasteiger partial charge in [-0.2, -0.15) is 0 Å². The Labute approximate surface area is 166 Å². The molecule has 0 atom stereocenters. The van der Waals surface area contributed by atoms with E-state index in [1.54, 1.807) is 9.80 Å². The minimum absolute atomic E-state index is 0.164. The average molecular weight is 406 g/mol. The quantitative estimate of drug-likeness (QED) is 0.650. The number of nitrogens with one attached hydrogen (secondary N) is 1. The number of rotatable bonds is 6. The van der Waals surface area contributed by atoms with Crippen LogP contribution in [0.4, 0.5) is 16.5 Å². The van der Waals surface area contributed by atoms with Crippen molar-refractivity contribution in [1.82, 2.24) is 15.1 Å². The third-order valence-electron chi connectivity index (χ3n) is 3.82. The van der Waals surface area contributed by atoms with Crippen molar-refractivity contribution in [1.29, 1.82) is 0 Å². The molecule has 27 heavy (non-hydrogen) atoms. The number of carbonyl (C=O) groups excluding carboxylic acids is 1. The van der Waals surface area contributed by atoms with Crippen molar-refractivity contribution in [2.45, 2.75) is 13.5 Å². The van der Waals surface area contributed by atoms with Crippen LogP contribution >= 0.6 is 22.9 Å². The first-order valence-corrected chi connectivity index (χ1v) is 9.57. The number of urea groups is 1. The van der Waals surface area contributed by atoms with Crippen molar-refractivity contribution in [3.63, 3.8) is 0 Å². The minimum atomic E-state index is -0.164. The number of thiophene rings is 1. The number of hydrogen-bond donors (Lipinski definition) is 1. The van der Waals surface area contributed by atoms with Gasteiger partial charge in [0.25, 0.3) is 0 Å². The van der Waals surface area contributed by atoms with Gasteiger partial charge in [-0.3, -0.25) is 0 Å². The van der Waals surface area contributed by atoms with Gasteiger partial charge in [-0.05, 0) is 43.3 Å². The molecule has 0 saturated carbocycles. The van der Waals surface area contributed by atoms with Crippen LogP contribution in [0.3, 0.4) is 0 Å². The second kappa shape index (κ2) is 8.41. The molecule has 2 amide bonds. The molecule has 0 bridgehead atoms. The zero-order valence-electron chi connectivity index (χ0n) is 15.3. The first-order valence-electron chi connectivity index (χ1n) is 8.37. The van der Waals surface area contributed by atoms with Gasteiger partial charge in [0.05, 0.1) is 10.9 Å². The third-order valence-corrected chi connectivity index (χ3v) is 5.04. The molecule has 3 aromatic rings. The molecule has 0 aliphatic rings. The van der Waals surface area contributed by atoms with Crippen molar-refractivity contribution >= 4 is 40.7 Å². The molecule has 0 aliphatic carbocycles. The van der Waals surface area contributed by atoms with Gasteiger partial charge in [-0.1, -0.05) is 16.7 Å². The molecule has 142 valence electrons. The topological polar surface area (TPSA) is 74.5 Å². The van der Waals surface area contributed by atoms with E-state index in [0.717, 1.165) is 14.8 Å². The number of amides is 2. The monoisotopic (exact) mass is 405 g/mol. The number of benzene rings is 1. The van der Waals surface area contributed by atoms with Crippen LogP contribution in [0.5, 0.6) is 0 Å². The molecule has 0 radical (unpaired) electrons. The van der Waals surface area contributed by atoms with Gasteiger partial charge in [0.2, 0.25) is 5.89 Å². The number of hydrogen-bond acceptors (Lipinski definition) is 6. The van der Waals surface area contributed by atoms with Crippen molar-refractivity contribution < 1.29 is 9.21 Å². The van der Waals surface area contributed by atoms with Gasteiger partial charge >= 0.3 is 12.0 Å². The van der Waals surface area contributed by atoms with E-state index >= 15 is 0 Å². The molecule has 1 aromatic carbocycles. The summed E-state index contributed by atoms with van der Waals surface area (Å²) >= 11 is 7.44. The van der Waals surface area contributed by atoms with Crippen LogP contribution in [0.15, 0.2) is 40.8 Å². The van der Waals surface area contributed by atoms with E-state index in [2.05, 4.69) is 15.5 Å². The summed E-state index contributed by atoms with van der Waals surface area (Å²) in [4.78, 5) is 17.0. The summed E-state index contributed by atoms with van der Waals surface area (Å²) in [6, 6.07) is 11.3. The fraction of sp³-hybridized carbons (Fsp3) is 0.278. The van der Waals surface area contributed by atoms with Gasteiger partial charge in [0.1, 0.15) is 0 Å². The van der Waals surface area contributed by atoms with E-state index in [9.17, 15) is 4.79 Å². The Morgan fingerprint density at radius 3 is 2.48 bits per heavy atom. The average Bonchev–Trinajstić information content (AvgIpc) is 3.29. The largest absolute Gasteiger partial charge is 0.403 e. The van der Waals surface area contributed by atoms with Crippen LogP contribution in [-0.2, 0) is 6.54 Å². The van der Waals surface area contributed by atoms with Crippen molar-refractivity contribution in [2.75, 3.05) is 30.9 Å². The fourth-order valence-corrected chi connectivity index (χ4v) is 3.47. The Kier molecular flexibility index (Phi) is 5.98. The lowest BCUT2D eigenvalue weighted by atomic mass is 10.2. The van der Waals surface area contributed by atoms with Crippen molar-refractivity contribution in [3.05, 3.63) is 45.6 Å². The fourth-order valence-electron chi connectivity index (χ4n) is 2.36. The molecule has 0 unspecified atom stereocenters. The summed E-state index contributed by atoms with van der Waals surface area (Å²) in [5, 5.41) is 10.9. The molecule has 0 saturated heterocycles. The second-order valence-corrected chi connectivity index (χ2v) is 7.81. The first-order chi connectivity index (χ1) is 13.0. The van der Waals surface area contributed by atoms with Gasteiger partial charge in [-0.15, -0.1) is 16.4 Å². The predicted octanol–water partition coefficient (Wildman–Crippen LogP) is 4.57. The highest BCUT2D eigenvalue weighted by atomic mass is 35.5. The number of aromatic nitrogens is 2. The lowest BCUT2D eigenvalue weighted by Crippen LogP contribution is -2.34. The van der Waals surface area contributed by atoms with Gasteiger partial charge in [-0.25, -0.2) is 4.79 Å². The Morgan fingerprint density at radius 2 is 1.93 bits per heavy atom. The summed E-state index contributed by atoms with van der Waals surface area (Å²) in [6.07, 6.45) is 0. The smallest absolute Gasteiger partial charge is 0.322 e.